The van der Waals surface area contributed by atoms with E-state index < -0.39 is 38.7 Å². The van der Waals surface area contributed by atoms with Gasteiger partial charge in [-0.1, -0.05) is 17.7 Å². The fraction of sp³-hybridized carbons (Fsp3) is 0.0909. The van der Waals surface area contributed by atoms with Crippen LogP contribution in [0.2, 0.25) is 0 Å². The molecule has 0 aliphatic heterocycles. The fourth-order valence-electron chi connectivity index (χ4n) is 3.18. The largest absolute Gasteiger partial charge is 0.495 e. The van der Waals surface area contributed by atoms with Gasteiger partial charge in [-0.15, -0.1) is 0 Å². The van der Waals surface area contributed by atoms with Crippen molar-refractivity contribution < 1.29 is 26.7 Å². The zero-order valence-corrected chi connectivity index (χ0v) is 17.8. The molecule has 0 atom stereocenters. The van der Waals surface area contributed by atoms with Crippen LogP contribution in [0.5, 0.6) is 5.75 Å². The van der Waals surface area contributed by atoms with Gasteiger partial charge >= 0.3 is 0 Å². The number of H-pyrrole nitrogens is 1. The van der Waals surface area contributed by atoms with Gasteiger partial charge in [0.05, 0.1) is 29.5 Å². The van der Waals surface area contributed by atoms with Crippen molar-refractivity contribution >= 4 is 32.5 Å². The van der Waals surface area contributed by atoms with Gasteiger partial charge in [-0.05, 0) is 37.3 Å². The molecule has 2 N–H and O–H groups in total. The number of aromatic nitrogens is 2. The van der Waals surface area contributed by atoms with E-state index in [4.69, 9.17) is 4.74 Å². The first kappa shape index (κ1) is 21.4. The number of aryl methyl sites for hydroxylation is 1. The standard InChI is InChI=1S/C22H17F2N3O4S/c1-12-3-5-14(6-4-12)32(29,30)27-18-8-7-17(23)19(20(18)24)21(28)16-11-26-22-15(16)9-13(31-2)10-25-22/h3-11,27H,1-2H3,(H,25,26). The third-order valence-electron chi connectivity index (χ3n) is 4.88. The van der Waals surface area contributed by atoms with Crippen molar-refractivity contribution in [3.63, 3.8) is 0 Å². The van der Waals surface area contributed by atoms with Gasteiger partial charge in [0.15, 0.2) is 5.82 Å². The molecule has 0 saturated carbocycles. The third-order valence-corrected chi connectivity index (χ3v) is 6.26. The van der Waals surface area contributed by atoms with Crippen LogP contribution in [0.15, 0.2) is 59.8 Å². The van der Waals surface area contributed by atoms with Crippen LogP contribution in [0.4, 0.5) is 14.5 Å². The molecule has 0 radical (unpaired) electrons. The number of aromatic amines is 1. The summed E-state index contributed by atoms with van der Waals surface area (Å²) in [7, 11) is -2.75. The number of halogens is 2. The number of nitrogens with zero attached hydrogens (tertiary/aromatic N) is 1. The normalized spacial score (nSPS) is 11.5. The average molecular weight is 457 g/mol. The fourth-order valence-corrected chi connectivity index (χ4v) is 4.24. The molecule has 10 heteroatoms. The zero-order chi connectivity index (χ0) is 23.0. The minimum Gasteiger partial charge on any atom is -0.495 e. The molecule has 0 unspecified atom stereocenters. The number of ketones is 1. The van der Waals surface area contributed by atoms with E-state index in [1.807, 2.05) is 0 Å². The first-order chi connectivity index (χ1) is 15.2. The van der Waals surface area contributed by atoms with Crippen molar-refractivity contribution in [3.05, 3.63) is 83.2 Å². The highest BCUT2D eigenvalue weighted by atomic mass is 32.2. The second kappa shape index (κ2) is 8.04. The lowest BCUT2D eigenvalue weighted by Gasteiger charge is -2.12. The predicted octanol–water partition coefficient (Wildman–Crippen LogP) is 4.19. The molecule has 2 heterocycles. The zero-order valence-electron chi connectivity index (χ0n) is 16.9. The summed E-state index contributed by atoms with van der Waals surface area (Å²) in [6, 6.07) is 9.15. The maximum Gasteiger partial charge on any atom is 0.261 e. The summed E-state index contributed by atoms with van der Waals surface area (Å²) in [5, 5.41) is 0.304. The first-order valence-corrected chi connectivity index (χ1v) is 10.8. The van der Waals surface area contributed by atoms with Gasteiger partial charge in [0.2, 0.25) is 5.78 Å². The Bertz CT molecular complexity index is 1450. The van der Waals surface area contributed by atoms with E-state index in [1.165, 1.54) is 37.7 Å². The highest BCUT2D eigenvalue weighted by Gasteiger charge is 2.26. The van der Waals surface area contributed by atoms with Gasteiger partial charge in [-0.25, -0.2) is 22.2 Å². The van der Waals surface area contributed by atoms with Crippen LogP contribution in [0.3, 0.4) is 0 Å². The average Bonchev–Trinajstić information content (AvgIpc) is 3.19. The van der Waals surface area contributed by atoms with E-state index in [0.29, 0.717) is 16.8 Å². The quantitative estimate of drug-likeness (QED) is 0.423. The van der Waals surface area contributed by atoms with Crippen molar-refractivity contribution in [2.24, 2.45) is 0 Å². The van der Waals surface area contributed by atoms with Crippen LogP contribution in [-0.4, -0.2) is 31.3 Å². The molecule has 0 amide bonds. The van der Waals surface area contributed by atoms with Gasteiger partial charge < -0.3 is 9.72 Å². The van der Waals surface area contributed by atoms with Crippen molar-refractivity contribution in [3.8, 4) is 5.75 Å². The van der Waals surface area contributed by atoms with E-state index in [9.17, 15) is 17.6 Å². The number of sulfonamides is 1. The number of hydrogen-bond donors (Lipinski definition) is 2. The van der Waals surface area contributed by atoms with Crippen molar-refractivity contribution in [2.75, 3.05) is 11.8 Å². The Balaban J connectivity index is 1.76. The lowest BCUT2D eigenvalue weighted by molar-refractivity contribution is 0.103. The van der Waals surface area contributed by atoms with Crippen LogP contribution in [0.25, 0.3) is 11.0 Å². The molecule has 0 aliphatic rings. The molecule has 7 nitrogen and oxygen atoms in total. The predicted molar refractivity (Wildman–Crippen MR) is 114 cm³/mol. The molecule has 0 bridgehead atoms. The summed E-state index contributed by atoms with van der Waals surface area (Å²) in [6.07, 6.45) is 2.70. The van der Waals surface area contributed by atoms with E-state index >= 15 is 4.39 Å². The summed E-state index contributed by atoms with van der Waals surface area (Å²) in [6.45, 7) is 1.79. The number of ether oxygens (including phenoxy) is 1. The molecule has 2 aromatic carbocycles. The van der Waals surface area contributed by atoms with E-state index in [2.05, 4.69) is 14.7 Å². The Hall–Kier alpha value is -3.79. The van der Waals surface area contributed by atoms with Crippen molar-refractivity contribution in [1.82, 2.24) is 9.97 Å². The van der Waals surface area contributed by atoms with Gasteiger partial charge in [-0.2, -0.15) is 0 Å². The number of nitrogens with one attached hydrogen (secondary N) is 2. The Morgan fingerprint density at radius 2 is 1.84 bits per heavy atom. The van der Waals surface area contributed by atoms with Crippen LogP contribution < -0.4 is 9.46 Å². The molecule has 0 spiro atoms. The first-order valence-electron chi connectivity index (χ1n) is 9.34. The molecule has 0 saturated heterocycles. The maximum absolute atomic E-state index is 15.2. The molecular formula is C22H17F2N3O4S. The molecule has 164 valence electrons. The topological polar surface area (TPSA) is 101 Å². The van der Waals surface area contributed by atoms with E-state index in [-0.39, 0.29) is 10.5 Å². The van der Waals surface area contributed by atoms with Gasteiger partial charge in [0, 0.05) is 17.1 Å². The monoisotopic (exact) mass is 457 g/mol. The van der Waals surface area contributed by atoms with Crippen molar-refractivity contribution in [2.45, 2.75) is 11.8 Å². The number of methoxy groups -OCH3 is 1. The smallest absolute Gasteiger partial charge is 0.261 e. The molecule has 4 aromatic rings. The molecule has 32 heavy (non-hydrogen) atoms. The Kier molecular flexibility index (Phi) is 5.39. The van der Waals surface area contributed by atoms with Gasteiger partial charge in [0.25, 0.3) is 10.0 Å². The number of carbonyl (C=O) groups excluding carboxylic acids is 1. The maximum atomic E-state index is 15.2. The number of rotatable bonds is 6. The van der Waals surface area contributed by atoms with Crippen LogP contribution >= 0.6 is 0 Å². The summed E-state index contributed by atoms with van der Waals surface area (Å²) < 4.78 is 62.1. The van der Waals surface area contributed by atoms with Gasteiger partial charge in [0.1, 0.15) is 17.2 Å². The number of fused-ring (bicyclic) bond motifs is 1. The summed E-state index contributed by atoms with van der Waals surface area (Å²) in [4.78, 5) is 19.8. The summed E-state index contributed by atoms with van der Waals surface area (Å²) in [5.74, 6) is -3.07. The molecule has 2 aromatic heterocycles. The van der Waals surface area contributed by atoms with E-state index in [1.54, 1.807) is 19.1 Å². The molecule has 0 fully saturated rings. The minimum absolute atomic E-state index is 0.0391. The number of benzene rings is 2. The minimum atomic E-state index is -4.16. The lowest BCUT2D eigenvalue weighted by atomic mass is 10.0. The number of pyridine rings is 1. The third kappa shape index (κ3) is 3.80. The number of carbonyl (C=O) groups is 1. The second-order valence-corrected chi connectivity index (χ2v) is 8.69. The molecule has 0 aliphatic carbocycles. The Morgan fingerprint density at radius 1 is 1.12 bits per heavy atom. The summed E-state index contributed by atoms with van der Waals surface area (Å²) >= 11 is 0. The molecule has 4 rings (SSSR count). The van der Waals surface area contributed by atoms with Crippen LogP contribution in [0, 0.1) is 18.6 Å². The van der Waals surface area contributed by atoms with Crippen LogP contribution in [-0.2, 0) is 10.0 Å². The highest BCUT2D eigenvalue weighted by Crippen LogP contribution is 2.29. The Labute approximate surface area is 182 Å². The highest BCUT2D eigenvalue weighted by molar-refractivity contribution is 7.92. The van der Waals surface area contributed by atoms with E-state index in [0.717, 1.165) is 17.7 Å². The van der Waals surface area contributed by atoms with Crippen molar-refractivity contribution in [1.29, 1.82) is 0 Å². The van der Waals surface area contributed by atoms with Gasteiger partial charge in [-0.3, -0.25) is 9.52 Å². The van der Waals surface area contributed by atoms with Crippen LogP contribution in [0.1, 0.15) is 21.5 Å². The number of hydrogen-bond acceptors (Lipinski definition) is 5. The summed E-state index contributed by atoms with van der Waals surface area (Å²) in [5.41, 5.74) is -0.313. The molecular weight excluding hydrogens is 440 g/mol. The second-order valence-electron chi connectivity index (χ2n) is 7.01. The SMILES string of the molecule is COc1cnc2[nH]cc(C(=O)c3c(F)ccc(NS(=O)(=O)c4ccc(C)cc4)c3F)c2c1. The lowest BCUT2D eigenvalue weighted by Crippen LogP contribution is -2.16. The Morgan fingerprint density at radius 3 is 2.53 bits per heavy atom. The number of anilines is 1.